The molecule has 0 aliphatic rings. The van der Waals surface area contributed by atoms with E-state index in [9.17, 15) is 9.59 Å². The van der Waals surface area contributed by atoms with Crippen LogP contribution >= 0.6 is 0 Å². The van der Waals surface area contributed by atoms with Crippen LogP contribution in [0.1, 0.15) is 175 Å². The second-order valence-electron chi connectivity index (χ2n) is 10.4. The van der Waals surface area contributed by atoms with Gasteiger partial charge in [-0.25, -0.2) is 0 Å². The third-order valence-electron chi connectivity index (χ3n) is 6.77. The van der Waals surface area contributed by atoms with E-state index in [-0.39, 0.29) is 18.0 Å². The number of amides is 2. The van der Waals surface area contributed by atoms with Gasteiger partial charge in [0.05, 0.1) is 6.17 Å². The van der Waals surface area contributed by atoms with E-state index in [1.54, 1.807) is 0 Å². The number of hydrogen-bond acceptors (Lipinski definition) is 2. The van der Waals surface area contributed by atoms with Gasteiger partial charge in [0, 0.05) is 12.8 Å². The molecule has 2 N–H and O–H groups in total. The van der Waals surface area contributed by atoms with Gasteiger partial charge in [-0.05, 0) is 19.8 Å². The van der Waals surface area contributed by atoms with E-state index in [1.807, 2.05) is 6.92 Å². The van der Waals surface area contributed by atoms with Gasteiger partial charge < -0.3 is 10.6 Å². The van der Waals surface area contributed by atoms with E-state index in [1.165, 1.54) is 116 Å². The SMILES string of the molecule is CCCCCCCCCCCCCC(=O)NC(C)NC(=O)CCCCCCCCCCCCC. The highest BCUT2D eigenvalue weighted by atomic mass is 16.2. The zero-order chi connectivity index (χ0) is 25.1. The maximum absolute atomic E-state index is 12.1. The Morgan fingerprint density at radius 1 is 0.441 bits per heavy atom. The van der Waals surface area contributed by atoms with Crippen LogP contribution in [0.15, 0.2) is 0 Å². The smallest absolute Gasteiger partial charge is 0.221 e. The van der Waals surface area contributed by atoms with Gasteiger partial charge in [-0.2, -0.15) is 0 Å². The summed E-state index contributed by atoms with van der Waals surface area (Å²) in [4.78, 5) is 24.2. The van der Waals surface area contributed by atoms with Crippen molar-refractivity contribution < 1.29 is 9.59 Å². The van der Waals surface area contributed by atoms with Crippen molar-refractivity contribution in [3.05, 3.63) is 0 Å². The summed E-state index contributed by atoms with van der Waals surface area (Å²) in [5.41, 5.74) is 0. The fraction of sp³-hybridized carbons (Fsp3) is 0.933. The van der Waals surface area contributed by atoms with Crippen molar-refractivity contribution in [1.29, 1.82) is 0 Å². The van der Waals surface area contributed by atoms with Gasteiger partial charge >= 0.3 is 0 Å². The molecule has 0 fully saturated rings. The molecule has 0 aliphatic carbocycles. The third-order valence-corrected chi connectivity index (χ3v) is 6.77. The number of nitrogens with one attached hydrogen (secondary N) is 2. The second kappa shape index (κ2) is 26.5. The highest BCUT2D eigenvalue weighted by Gasteiger charge is 2.10. The molecule has 34 heavy (non-hydrogen) atoms. The Balaban J connectivity index is 3.45. The lowest BCUT2D eigenvalue weighted by molar-refractivity contribution is -0.124. The van der Waals surface area contributed by atoms with Gasteiger partial charge in [0.25, 0.3) is 0 Å². The van der Waals surface area contributed by atoms with E-state index in [0.29, 0.717) is 12.8 Å². The lowest BCUT2D eigenvalue weighted by atomic mass is 10.1. The van der Waals surface area contributed by atoms with Crippen molar-refractivity contribution in [3.63, 3.8) is 0 Å². The maximum atomic E-state index is 12.1. The summed E-state index contributed by atoms with van der Waals surface area (Å²) in [5.74, 6) is 0.108. The largest absolute Gasteiger partial charge is 0.336 e. The minimum absolute atomic E-state index is 0.0541. The molecule has 0 atom stereocenters. The molecule has 0 heterocycles. The van der Waals surface area contributed by atoms with Crippen molar-refractivity contribution in [1.82, 2.24) is 10.6 Å². The summed E-state index contributed by atoms with van der Waals surface area (Å²) in [6.07, 6.45) is 29.2. The Morgan fingerprint density at radius 3 is 0.941 bits per heavy atom. The van der Waals surface area contributed by atoms with Crippen molar-refractivity contribution in [2.24, 2.45) is 0 Å². The number of hydrogen-bond donors (Lipinski definition) is 2. The van der Waals surface area contributed by atoms with Gasteiger partial charge in [-0.3, -0.25) is 9.59 Å². The Kier molecular flexibility index (Phi) is 25.7. The maximum Gasteiger partial charge on any atom is 0.221 e. The van der Waals surface area contributed by atoms with E-state index >= 15 is 0 Å². The van der Waals surface area contributed by atoms with Crippen LogP contribution in [0, 0.1) is 0 Å². The lowest BCUT2D eigenvalue weighted by Gasteiger charge is -2.16. The molecule has 0 radical (unpaired) electrons. The van der Waals surface area contributed by atoms with E-state index in [0.717, 1.165) is 25.7 Å². The summed E-state index contributed by atoms with van der Waals surface area (Å²) < 4.78 is 0. The fourth-order valence-corrected chi connectivity index (χ4v) is 4.56. The number of carbonyl (C=O) groups is 2. The summed E-state index contributed by atoms with van der Waals surface area (Å²) in [6.45, 7) is 6.38. The first kappa shape index (κ1) is 32.9. The van der Waals surface area contributed by atoms with Gasteiger partial charge in [0.15, 0.2) is 0 Å². The third kappa shape index (κ3) is 25.6. The first-order valence-corrected chi connectivity index (χ1v) is 15.2. The Bertz CT molecular complexity index is 413. The zero-order valence-corrected chi connectivity index (χ0v) is 23.4. The molecule has 202 valence electrons. The average Bonchev–Trinajstić information content (AvgIpc) is 2.80. The fourth-order valence-electron chi connectivity index (χ4n) is 4.56. The molecule has 0 rings (SSSR count). The van der Waals surface area contributed by atoms with Crippen LogP contribution in [0.4, 0.5) is 0 Å². The number of unbranched alkanes of at least 4 members (excludes halogenated alkanes) is 20. The molecule has 2 amide bonds. The number of carbonyl (C=O) groups excluding carboxylic acids is 2. The van der Waals surface area contributed by atoms with Crippen LogP contribution in [0.5, 0.6) is 0 Å². The Morgan fingerprint density at radius 2 is 0.676 bits per heavy atom. The van der Waals surface area contributed by atoms with Gasteiger partial charge in [-0.1, -0.05) is 142 Å². The monoisotopic (exact) mass is 480 g/mol. The van der Waals surface area contributed by atoms with Gasteiger partial charge in [0.2, 0.25) is 11.8 Å². The number of rotatable bonds is 26. The van der Waals surface area contributed by atoms with E-state index in [4.69, 9.17) is 0 Å². The van der Waals surface area contributed by atoms with Crippen molar-refractivity contribution in [2.75, 3.05) is 0 Å². The highest BCUT2D eigenvalue weighted by molar-refractivity contribution is 5.79. The zero-order valence-electron chi connectivity index (χ0n) is 23.4. The van der Waals surface area contributed by atoms with Gasteiger partial charge in [-0.15, -0.1) is 0 Å². The van der Waals surface area contributed by atoms with Crippen molar-refractivity contribution in [3.8, 4) is 0 Å². The second-order valence-corrected chi connectivity index (χ2v) is 10.4. The highest BCUT2D eigenvalue weighted by Crippen LogP contribution is 2.13. The molecule has 0 saturated carbocycles. The topological polar surface area (TPSA) is 58.2 Å². The molecule has 0 aromatic carbocycles. The van der Waals surface area contributed by atoms with Crippen LogP contribution in [-0.2, 0) is 9.59 Å². The van der Waals surface area contributed by atoms with Gasteiger partial charge in [0.1, 0.15) is 0 Å². The summed E-state index contributed by atoms with van der Waals surface area (Å²) in [7, 11) is 0. The molecule has 0 bridgehead atoms. The molecule has 0 saturated heterocycles. The average molecular weight is 481 g/mol. The van der Waals surface area contributed by atoms with Crippen LogP contribution in [-0.4, -0.2) is 18.0 Å². The molecular weight excluding hydrogens is 420 g/mol. The summed E-state index contributed by atoms with van der Waals surface area (Å²) >= 11 is 0. The first-order valence-electron chi connectivity index (χ1n) is 15.2. The molecular formula is C30H60N2O2. The van der Waals surface area contributed by atoms with Crippen LogP contribution in [0.3, 0.4) is 0 Å². The minimum atomic E-state index is -0.277. The quantitative estimate of drug-likeness (QED) is 0.0958. The molecule has 0 spiro atoms. The molecule has 0 aromatic rings. The predicted molar refractivity (Wildman–Crippen MR) is 148 cm³/mol. The molecule has 4 nitrogen and oxygen atoms in total. The predicted octanol–water partition coefficient (Wildman–Crippen LogP) is 8.97. The first-order chi connectivity index (χ1) is 16.6. The summed E-state index contributed by atoms with van der Waals surface area (Å²) in [6, 6.07) is 0. The molecule has 0 unspecified atom stereocenters. The summed E-state index contributed by atoms with van der Waals surface area (Å²) in [5, 5.41) is 5.84. The Hall–Kier alpha value is -1.06. The molecule has 4 heteroatoms. The van der Waals surface area contributed by atoms with Crippen LogP contribution in [0.25, 0.3) is 0 Å². The Labute approximate surface area is 213 Å². The van der Waals surface area contributed by atoms with Crippen LogP contribution < -0.4 is 10.6 Å². The molecule has 0 aliphatic heterocycles. The van der Waals surface area contributed by atoms with Crippen LogP contribution in [0.2, 0.25) is 0 Å². The van der Waals surface area contributed by atoms with E-state index < -0.39 is 0 Å². The normalized spacial score (nSPS) is 11.2. The van der Waals surface area contributed by atoms with Crippen molar-refractivity contribution >= 4 is 11.8 Å². The minimum Gasteiger partial charge on any atom is -0.336 e. The van der Waals surface area contributed by atoms with Crippen molar-refractivity contribution in [2.45, 2.75) is 181 Å². The molecule has 0 aromatic heterocycles. The standard InChI is InChI=1S/C30H60N2O2/c1-4-6-8-10-12-14-16-18-20-22-24-26-29(33)31-28(3)32-30(34)27-25-23-21-19-17-15-13-11-9-7-5-2/h28H,4-27H2,1-3H3,(H,31,33)(H,32,34). The lowest BCUT2D eigenvalue weighted by Crippen LogP contribution is -2.45. The van der Waals surface area contributed by atoms with E-state index in [2.05, 4.69) is 24.5 Å².